The quantitative estimate of drug-likeness (QED) is 0.554. The molecule has 1 rings (SSSR count). The Kier molecular flexibility index (Phi) is 5.21. The predicted octanol–water partition coefficient (Wildman–Crippen LogP) is 1.82. The van der Waals surface area contributed by atoms with Crippen LogP contribution in [0.4, 0.5) is 0 Å². The zero-order chi connectivity index (χ0) is 5.82. The topological polar surface area (TPSA) is 12.0 Å². The lowest BCUT2D eigenvalue weighted by Crippen LogP contribution is -2.18. The number of hydrogen-bond donors (Lipinski definition) is 1. The summed E-state index contributed by atoms with van der Waals surface area (Å²) in [4.78, 5) is 0. The Morgan fingerprint density at radius 1 is 1.33 bits per heavy atom. The zero-order valence-corrected chi connectivity index (χ0v) is 6.84. The van der Waals surface area contributed by atoms with Crippen molar-refractivity contribution in [1.29, 1.82) is 0 Å². The van der Waals surface area contributed by atoms with Crippen LogP contribution in [0.15, 0.2) is 0 Å². The highest BCUT2D eigenvalue weighted by atomic mass is 35.5. The number of nitrogens with one attached hydrogen (secondary N) is 1. The Hall–Kier alpha value is 0.250. The Morgan fingerprint density at radius 2 is 2.11 bits per heavy atom. The van der Waals surface area contributed by atoms with E-state index in [0.29, 0.717) is 0 Å². The molecule has 0 saturated carbocycles. The maximum absolute atomic E-state index is 3.40. The van der Waals surface area contributed by atoms with E-state index in [-0.39, 0.29) is 12.4 Å². The van der Waals surface area contributed by atoms with Crippen molar-refractivity contribution in [2.24, 2.45) is 5.92 Å². The molecule has 1 nitrogen and oxygen atoms in total. The van der Waals surface area contributed by atoms with Crippen molar-refractivity contribution < 1.29 is 0 Å². The second kappa shape index (κ2) is 5.07. The second-order valence-electron chi connectivity index (χ2n) is 2.81. The molecule has 0 amide bonds. The summed E-state index contributed by atoms with van der Waals surface area (Å²) < 4.78 is 0. The third kappa shape index (κ3) is 3.77. The summed E-state index contributed by atoms with van der Waals surface area (Å²) in [6.45, 7) is 4.79. The van der Waals surface area contributed by atoms with Gasteiger partial charge in [-0.1, -0.05) is 13.3 Å². The Labute approximate surface area is 63.6 Å². The van der Waals surface area contributed by atoms with Gasteiger partial charge in [0.05, 0.1) is 0 Å². The molecule has 0 radical (unpaired) electrons. The van der Waals surface area contributed by atoms with Crippen LogP contribution in [-0.2, 0) is 0 Å². The van der Waals surface area contributed by atoms with E-state index >= 15 is 0 Å². The minimum absolute atomic E-state index is 0. The van der Waals surface area contributed by atoms with Gasteiger partial charge in [-0.25, -0.2) is 0 Å². The fourth-order valence-corrected chi connectivity index (χ4v) is 1.19. The first-order chi connectivity index (χ1) is 3.89. The molecule has 1 aliphatic rings. The largest absolute Gasteiger partial charge is 0.316 e. The number of rotatable bonds is 0. The summed E-state index contributed by atoms with van der Waals surface area (Å²) in [6, 6.07) is 0. The molecule has 1 aliphatic heterocycles. The van der Waals surface area contributed by atoms with E-state index in [0.717, 1.165) is 5.92 Å². The van der Waals surface area contributed by atoms with E-state index in [1.165, 1.54) is 32.4 Å². The Balaban J connectivity index is 0.000000640. The summed E-state index contributed by atoms with van der Waals surface area (Å²) in [7, 11) is 0. The highest BCUT2D eigenvalue weighted by Crippen LogP contribution is 2.08. The third-order valence-electron chi connectivity index (χ3n) is 1.79. The molecule has 1 saturated heterocycles. The standard InChI is InChI=1S/C7H15N.ClH/c1-7-4-2-3-5-8-6-7;/h7-8H,2-6H2,1H3;1H/t7-;/m0./s1. The van der Waals surface area contributed by atoms with Crippen molar-refractivity contribution in [2.75, 3.05) is 13.1 Å². The van der Waals surface area contributed by atoms with Gasteiger partial charge < -0.3 is 5.32 Å². The fourth-order valence-electron chi connectivity index (χ4n) is 1.19. The average Bonchev–Trinajstić information content (AvgIpc) is 1.94. The van der Waals surface area contributed by atoms with Crippen LogP contribution < -0.4 is 5.32 Å². The molecule has 2 heteroatoms. The molecule has 0 aromatic heterocycles. The van der Waals surface area contributed by atoms with Gasteiger partial charge in [0.1, 0.15) is 0 Å². The van der Waals surface area contributed by atoms with Gasteiger partial charge in [-0.2, -0.15) is 0 Å². The molecule has 1 N–H and O–H groups in total. The zero-order valence-electron chi connectivity index (χ0n) is 6.02. The van der Waals surface area contributed by atoms with E-state index < -0.39 is 0 Å². The Bertz CT molecular complexity index is 57.9. The van der Waals surface area contributed by atoms with Crippen LogP contribution >= 0.6 is 12.4 Å². The van der Waals surface area contributed by atoms with Gasteiger partial charge in [-0.3, -0.25) is 0 Å². The molecule has 1 atom stereocenters. The predicted molar refractivity (Wildman–Crippen MR) is 43.1 cm³/mol. The van der Waals surface area contributed by atoms with E-state index in [1.54, 1.807) is 0 Å². The molecule has 0 spiro atoms. The lowest BCUT2D eigenvalue weighted by Gasteiger charge is -2.03. The molecule has 0 aromatic carbocycles. The van der Waals surface area contributed by atoms with Gasteiger partial charge in [-0.05, 0) is 31.8 Å². The minimum atomic E-state index is 0. The van der Waals surface area contributed by atoms with Gasteiger partial charge in [0.15, 0.2) is 0 Å². The van der Waals surface area contributed by atoms with Crippen molar-refractivity contribution in [1.82, 2.24) is 5.32 Å². The third-order valence-corrected chi connectivity index (χ3v) is 1.79. The van der Waals surface area contributed by atoms with Crippen molar-refractivity contribution in [3.8, 4) is 0 Å². The molecule has 9 heavy (non-hydrogen) atoms. The maximum atomic E-state index is 3.40. The maximum Gasteiger partial charge on any atom is -0.00232 e. The average molecular weight is 150 g/mol. The Morgan fingerprint density at radius 3 is 2.89 bits per heavy atom. The van der Waals surface area contributed by atoms with Gasteiger partial charge >= 0.3 is 0 Å². The first-order valence-corrected chi connectivity index (χ1v) is 3.60. The van der Waals surface area contributed by atoms with Crippen molar-refractivity contribution in [3.05, 3.63) is 0 Å². The van der Waals surface area contributed by atoms with Gasteiger partial charge in [-0.15, -0.1) is 12.4 Å². The monoisotopic (exact) mass is 149 g/mol. The number of hydrogen-bond acceptors (Lipinski definition) is 1. The molecule has 0 aliphatic carbocycles. The summed E-state index contributed by atoms with van der Waals surface area (Å²) in [5, 5.41) is 3.40. The van der Waals surface area contributed by atoms with Crippen LogP contribution in [0.3, 0.4) is 0 Å². The van der Waals surface area contributed by atoms with Crippen molar-refractivity contribution in [2.45, 2.75) is 26.2 Å². The fraction of sp³-hybridized carbons (Fsp3) is 1.00. The first-order valence-electron chi connectivity index (χ1n) is 3.60. The van der Waals surface area contributed by atoms with Crippen molar-refractivity contribution in [3.63, 3.8) is 0 Å². The van der Waals surface area contributed by atoms with Crippen LogP contribution in [0.25, 0.3) is 0 Å². The molecule has 1 heterocycles. The second-order valence-corrected chi connectivity index (χ2v) is 2.81. The van der Waals surface area contributed by atoms with Crippen LogP contribution in [0, 0.1) is 5.92 Å². The highest BCUT2D eigenvalue weighted by Gasteiger charge is 2.04. The smallest absolute Gasteiger partial charge is 0.00232 e. The van der Waals surface area contributed by atoms with E-state index in [2.05, 4.69) is 12.2 Å². The summed E-state index contributed by atoms with van der Waals surface area (Å²) >= 11 is 0. The van der Waals surface area contributed by atoms with Crippen LogP contribution in [0.1, 0.15) is 26.2 Å². The highest BCUT2D eigenvalue weighted by molar-refractivity contribution is 5.85. The van der Waals surface area contributed by atoms with E-state index in [4.69, 9.17) is 0 Å². The van der Waals surface area contributed by atoms with Gasteiger partial charge in [0.2, 0.25) is 0 Å². The molecule has 1 fully saturated rings. The number of halogens is 1. The van der Waals surface area contributed by atoms with Crippen LogP contribution in [0.5, 0.6) is 0 Å². The minimum Gasteiger partial charge on any atom is -0.316 e. The molecule has 56 valence electrons. The molecule has 0 bridgehead atoms. The summed E-state index contributed by atoms with van der Waals surface area (Å²) in [5.41, 5.74) is 0. The van der Waals surface area contributed by atoms with Crippen LogP contribution in [-0.4, -0.2) is 13.1 Å². The summed E-state index contributed by atoms with van der Waals surface area (Å²) in [5.74, 6) is 0.914. The molecular formula is C7H16ClN. The van der Waals surface area contributed by atoms with Crippen molar-refractivity contribution >= 4 is 12.4 Å². The lowest BCUT2D eigenvalue weighted by atomic mass is 10.1. The SMILES string of the molecule is C[C@H]1CCCCNC1.Cl. The normalized spacial score (nSPS) is 28.3. The molecular weight excluding hydrogens is 134 g/mol. The van der Waals surface area contributed by atoms with Gasteiger partial charge in [0.25, 0.3) is 0 Å². The molecule has 0 aromatic rings. The lowest BCUT2D eigenvalue weighted by molar-refractivity contribution is 0.525. The van der Waals surface area contributed by atoms with E-state index in [9.17, 15) is 0 Å². The molecule has 0 unspecified atom stereocenters. The van der Waals surface area contributed by atoms with Crippen LogP contribution in [0.2, 0.25) is 0 Å². The van der Waals surface area contributed by atoms with Gasteiger partial charge in [0, 0.05) is 0 Å². The van der Waals surface area contributed by atoms with E-state index in [1.807, 2.05) is 0 Å². The first kappa shape index (κ1) is 9.25. The summed E-state index contributed by atoms with van der Waals surface area (Å²) in [6.07, 6.45) is 4.23.